The molecule has 1 nitrogen and oxygen atoms in total. The Morgan fingerprint density at radius 3 is 2.33 bits per heavy atom. The van der Waals surface area contributed by atoms with Gasteiger partial charge in [0.1, 0.15) is 0 Å². The van der Waals surface area contributed by atoms with E-state index in [4.69, 9.17) is 0 Å². The van der Waals surface area contributed by atoms with Crippen LogP contribution in [0.2, 0.25) is 0 Å². The van der Waals surface area contributed by atoms with Crippen LogP contribution in [0.25, 0.3) is 10.9 Å². The molecule has 0 spiro atoms. The number of aromatic amines is 1. The van der Waals surface area contributed by atoms with Gasteiger partial charge in [0.25, 0.3) is 0 Å². The van der Waals surface area contributed by atoms with Crippen LogP contribution in [0.1, 0.15) is 0 Å². The maximum atomic E-state index is 3.15. The van der Waals surface area contributed by atoms with Crippen LogP contribution in [0.5, 0.6) is 0 Å². The Labute approximate surface area is 88.0 Å². The Hall–Kier alpha value is -0.600. The topological polar surface area (TPSA) is 14.1 Å². The van der Waals surface area contributed by atoms with E-state index in [-0.39, 0.29) is 29.4 Å². The van der Waals surface area contributed by atoms with Gasteiger partial charge < -0.3 is 17.0 Å². The normalized spacial score (nSPS) is 8.33. The number of hydrogen-bond acceptors (Lipinski definition) is 0. The van der Waals surface area contributed by atoms with E-state index in [0.29, 0.717) is 0 Å². The van der Waals surface area contributed by atoms with Gasteiger partial charge in [-0.25, -0.2) is 4.98 Å². The third kappa shape index (κ3) is 2.19. The van der Waals surface area contributed by atoms with Crippen molar-refractivity contribution in [1.29, 1.82) is 0 Å². The lowest BCUT2D eigenvalue weighted by atomic mass is 10.2. The molecule has 0 fully saturated rings. The van der Waals surface area contributed by atoms with Crippen LogP contribution in [0.15, 0.2) is 42.6 Å². The van der Waals surface area contributed by atoms with E-state index >= 15 is 0 Å². The minimum atomic E-state index is 0. The first-order chi connectivity index (χ1) is 4.97. The summed E-state index contributed by atoms with van der Waals surface area (Å²) in [5.41, 5.74) is 1.19. The number of hydrogen-bond donors (Lipinski definition) is 0. The van der Waals surface area contributed by atoms with Crippen molar-refractivity contribution in [3.05, 3.63) is 42.6 Å². The summed E-state index contributed by atoms with van der Waals surface area (Å²) in [5, 5.41) is 1.25. The maximum absolute atomic E-state index is 3.15. The highest BCUT2D eigenvalue weighted by molar-refractivity contribution is 5.85. The SMILES string of the molecule is Cl.[Br-].c1ccc2[nH+]cccc2c1. The predicted molar refractivity (Wildman–Crippen MR) is 47.8 cm³/mol. The molecule has 3 heteroatoms. The van der Waals surface area contributed by atoms with Crippen molar-refractivity contribution in [1.82, 2.24) is 0 Å². The van der Waals surface area contributed by atoms with E-state index < -0.39 is 0 Å². The fraction of sp³-hybridized carbons (Fsp3) is 0. The van der Waals surface area contributed by atoms with Crippen molar-refractivity contribution in [2.45, 2.75) is 0 Å². The number of pyridine rings is 1. The molecule has 0 saturated carbocycles. The zero-order chi connectivity index (χ0) is 6.81. The third-order valence-electron chi connectivity index (χ3n) is 1.57. The molecule has 1 heterocycles. The van der Waals surface area contributed by atoms with Gasteiger partial charge in [0.05, 0.1) is 0 Å². The fourth-order valence-corrected chi connectivity index (χ4v) is 1.06. The van der Waals surface area contributed by atoms with Crippen molar-refractivity contribution in [2.24, 2.45) is 0 Å². The number of rotatable bonds is 0. The second kappa shape index (κ2) is 5.12. The summed E-state index contributed by atoms with van der Waals surface area (Å²) >= 11 is 0. The summed E-state index contributed by atoms with van der Waals surface area (Å²) in [7, 11) is 0. The molecule has 1 N–H and O–H groups in total. The van der Waals surface area contributed by atoms with Crippen LogP contribution in [0, 0.1) is 0 Å². The number of para-hydroxylation sites is 1. The molecule has 64 valence electrons. The second-order valence-electron chi connectivity index (χ2n) is 2.26. The Kier molecular flexibility index (Phi) is 4.86. The molecule has 0 aliphatic heterocycles. The van der Waals surface area contributed by atoms with E-state index in [2.05, 4.69) is 23.2 Å². The first-order valence-corrected chi connectivity index (χ1v) is 3.32. The monoisotopic (exact) mass is 245 g/mol. The van der Waals surface area contributed by atoms with Crippen LogP contribution in [0.4, 0.5) is 0 Å². The largest absolute Gasteiger partial charge is 1.00 e. The Bertz CT molecular complexity index is 286. The minimum absolute atomic E-state index is 0. The van der Waals surface area contributed by atoms with Crippen molar-refractivity contribution in [2.75, 3.05) is 0 Å². The molecule has 0 radical (unpaired) electrons. The number of H-pyrrole nitrogens is 1. The molecule has 12 heavy (non-hydrogen) atoms. The summed E-state index contributed by atoms with van der Waals surface area (Å²) in [6.07, 6.45) is 1.93. The van der Waals surface area contributed by atoms with E-state index in [9.17, 15) is 0 Å². The number of benzene rings is 1. The minimum Gasteiger partial charge on any atom is -1.00 e. The molecule has 0 aliphatic carbocycles. The van der Waals surface area contributed by atoms with Crippen molar-refractivity contribution in [3.63, 3.8) is 0 Å². The van der Waals surface area contributed by atoms with Gasteiger partial charge in [-0.1, -0.05) is 12.1 Å². The first kappa shape index (κ1) is 11.4. The van der Waals surface area contributed by atoms with Gasteiger partial charge in [0.2, 0.25) is 5.52 Å². The predicted octanol–water partition coefficient (Wildman–Crippen LogP) is -0.920. The molecule has 0 unspecified atom stereocenters. The standard InChI is InChI=1S/C9H7N.BrH.ClH/c1-2-6-9-8(4-1)5-3-7-10-9;;/h1-7H;2*1H. The molecule has 0 saturated heterocycles. The third-order valence-corrected chi connectivity index (χ3v) is 1.57. The van der Waals surface area contributed by atoms with Gasteiger partial charge in [-0.15, -0.1) is 12.4 Å². The Balaban J connectivity index is 0.000000605. The van der Waals surface area contributed by atoms with Crippen LogP contribution in [0.3, 0.4) is 0 Å². The summed E-state index contributed by atoms with van der Waals surface area (Å²) in [5.74, 6) is 0. The van der Waals surface area contributed by atoms with E-state index in [1.54, 1.807) is 0 Å². The highest BCUT2D eigenvalue weighted by Gasteiger charge is 1.92. The summed E-state index contributed by atoms with van der Waals surface area (Å²) in [6, 6.07) is 12.3. The fourth-order valence-electron chi connectivity index (χ4n) is 1.06. The lowest BCUT2D eigenvalue weighted by Crippen LogP contribution is -3.00. The van der Waals surface area contributed by atoms with Gasteiger partial charge in [-0.3, -0.25) is 0 Å². The van der Waals surface area contributed by atoms with E-state index in [1.807, 2.05) is 24.4 Å². The van der Waals surface area contributed by atoms with Gasteiger partial charge in [0, 0.05) is 17.5 Å². The van der Waals surface area contributed by atoms with Crippen LogP contribution >= 0.6 is 12.4 Å². The van der Waals surface area contributed by atoms with Crippen LogP contribution in [-0.2, 0) is 0 Å². The molecule has 1 aromatic heterocycles. The first-order valence-electron chi connectivity index (χ1n) is 3.32. The van der Waals surface area contributed by atoms with E-state index in [0.717, 1.165) is 0 Å². The van der Waals surface area contributed by atoms with Gasteiger partial charge >= 0.3 is 0 Å². The molecular weight excluding hydrogens is 237 g/mol. The zero-order valence-corrected chi connectivity index (χ0v) is 8.73. The summed E-state index contributed by atoms with van der Waals surface area (Å²) < 4.78 is 0. The van der Waals surface area contributed by atoms with Crippen LogP contribution in [-0.4, -0.2) is 0 Å². The Morgan fingerprint density at radius 1 is 0.917 bits per heavy atom. The van der Waals surface area contributed by atoms with Crippen molar-refractivity contribution in [3.8, 4) is 0 Å². The molecule has 2 aromatic rings. The quantitative estimate of drug-likeness (QED) is 0.571. The van der Waals surface area contributed by atoms with Gasteiger partial charge in [-0.2, -0.15) is 0 Å². The molecule has 0 amide bonds. The molecule has 2 rings (SSSR count). The van der Waals surface area contributed by atoms with E-state index in [1.165, 1.54) is 10.9 Å². The summed E-state index contributed by atoms with van der Waals surface area (Å²) in [6.45, 7) is 0. The smallest absolute Gasteiger partial charge is 0.210 e. The lowest BCUT2D eigenvalue weighted by Gasteiger charge is -1.85. The number of halogens is 2. The number of aromatic nitrogens is 1. The lowest BCUT2D eigenvalue weighted by molar-refractivity contribution is -0.344. The average molecular weight is 247 g/mol. The second-order valence-corrected chi connectivity index (χ2v) is 2.26. The zero-order valence-electron chi connectivity index (χ0n) is 6.33. The molecule has 0 aliphatic rings. The van der Waals surface area contributed by atoms with Crippen LogP contribution < -0.4 is 22.0 Å². The number of fused-ring (bicyclic) bond motifs is 1. The molecular formula is C9H9BrClN. The van der Waals surface area contributed by atoms with Crippen molar-refractivity contribution < 1.29 is 22.0 Å². The summed E-state index contributed by atoms with van der Waals surface area (Å²) in [4.78, 5) is 3.15. The van der Waals surface area contributed by atoms with Crippen molar-refractivity contribution >= 4 is 23.3 Å². The highest BCUT2D eigenvalue weighted by Crippen LogP contribution is 2.04. The molecule has 0 bridgehead atoms. The molecule has 0 atom stereocenters. The van der Waals surface area contributed by atoms with Gasteiger partial charge in [-0.05, 0) is 12.1 Å². The Morgan fingerprint density at radius 2 is 1.58 bits per heavy atom. The average Bonchev–Trinajstić information content (AvgIpc) is 2.05. The molecule has 1 aromatic carbocycles. The van der Waals surface area contributed by atoms with Gasteiger partial charge in [0.15, 0.2) is 6.20 Å². The number of nitrogens with one attached hydrogen (secondary N) is 1. The highest BCUT2D eigenvalue weighted by atomic mass is 79.9. The maximum Gasteiger partial charge on any atom is 0.210 e.